The maximum absolute atomic E-state index is 13.6. The van der Waals surface area contributed by atoms with Gasteiger partial charge in [-0.2, -0.15) is 0 Å². The number of carbonyl (C=O) groups excluding carboxylic acids is 1. The van der Waals surface area contributed by atoms with E-state index in [2.05, 4.69) is 15.5 Å². The van der Waals surface area contributed by atoms with Crippen molar-refractivity contribution in [3.05, 3.63) is 47.5 Å². The third-order valence-electron chi connectivity index (χ3n) is 3.02. The van der Waals surface area contributed by atoms with Crippen LogP contribution in [0, 0.1) is 11.6 Å². The van der Waals surface area contributed by atoms with E-state index in [9.17, 15) is 13.6 Å². The van der Waals surface area contributed by atoms with Crippen LogP contribution in [0.2, 0.25) is 0 Å². The molecule has 0 saturated carbocycles. The Morgan fingerprint density at radius 3 is 2.86 bits per heavy atom. The molecule has 5 nitrogen and oxygen atoms in total. The summed E-state index contributed by atoms with van der Waals surface area (Å²) in [6.07, 6.45) is 2.48. The van der Waals surface area contributed by atoms with Gasteiger partial charge in [-0.15, -0.1) is 10.2 Å². The lowest BCUT2D eigenvalue weighted by Gasteiger charge is -2.14. The fourth-order valence-corrected chi connectivity index (χ4v) is 2.02. The predicted molar refractivity (Wildman–Crippen MR) is 72.6 cm³/mol. The highest BCUT2D eigenvalue weighted by molar-refractivity contribution is 5.94. The third-order valence-corrected chi connectivity index (χ3v) is 3.02. The lowest BCUT2D eigenvalue weighted by Crippen LogP contribution is -2.29. The minimum atomic E-state index is -0.894. The molecule has 0 aliphatic carbocycles. The topological polar surface area (TPSA) is 59.8 Å². The molecule has 2 aromatic rings. The molecule has 0 bridgehead atoms. The van der Waals surface area contributed by atoms with Crippen LogP contribution in [0.15, 0.2) is 24.5 Å². The molecule has 1 atom stereocenters. The monoisotopic (exact) mass is 294 g/mol. The molecule has 7 heteroatoms. The Kier molecular flexibility index (Phi) is 4.62. The molecule has 0 saturated heterocycles. The molecule has 0 fully saturated rings. The number of benzene rings is 1. The van der Waals surface area contributed by atoms with E-state index in [-0.39, 0.29) is 5.56 Å². The molecule has 0 spiro atoms. The van der Waals surface area contributed by atoms with Crippen LogP contribution in [-0.2, 0) is 6.54 Å². The van der Waals surface area contributed by atoms with Crippen molar-refractivity contribution in [1.82, 2.24) is 20.1 Å². The Labute approximate surface area is 121 Å². The molecular weight excluding hydrogens is 278 g/mol. The van der Waals surface area contributed by atoms with Crippen molar-refractivity contribution in [1.29, 1.82) is 0 Å². The second kappa shape index (κ2) is 6.43. The predicted octanol–water partition coefficient (Wildman–Crippen LogP) is 2.46. The number of hydrogen-bond donors (Lipinski definition) is 1. The fraction of sp³-hybridized carbons (Fsp3) is 0.357. The highest BCUT2D eigenvalue weighted by Gasteiger charge is 2.18. The second-order valence-electron chi connectivity index (χ2n) is 4.70. The van der Waals surface area contributed by atoms with Gasteiger partial charge in [0.2, 0.25) is 0 Å². The molecule has 1 amide bonds. The van der Waals surface area contributed by atoms with Gasteiger partial charge in [0.05, 0.1) is 11.6 Å². The van der Waals surface area contributed by atoms with E-state index in [1.54, 1.807) is 13.3 Å². The van der Waals surface area contributed by atoms with Crippen LogP contribution < -0.4 is 5.32 Å². The van der Waals surface area contributed by atoms with Crippen LogP contribution in [0.4, 0.5) is 8.78 Å². The van der Waals surface area contributed by atoms with Crippen LogP contribution >= 0.6 is 0 Å². The molecule has 1 N–H and O–H groups in total. The average molecular weight is 294 g/mol. The maximum atomic E-state index is 13.6. The smallest absolute Gasteiger partial charge is 0.254 e. The quantitative estimate of drug-likeness (QED) is 0.921. The molecule has 1 heterocycles. The number of aromatic nitrogens is 3. The maximum Gasteiger partial charge on any atom is 0.254 e. The summed E-state index contributed by atoms with van der Waals surface area (Å²) in [7, 11) is 0. The first-order valence-corrected chi connectivity index (χ1v) is 6.66. The molecule has 21 heavy (non-hydrogen) atoms. The van der Waals surface area contributed by atoms with Crippen molar-refractivity contribution < 1.29 is 13.6 Å². The standard InChI is InChI=1S/C14H16F2N4O/c1-3-6-20-8-17-19-13(20)9(2)18-14(21)11-5-4-10(15)7-12(11)16/h4-5,7-9H,3,6H2,1-2H3,(H,18,21)/t9-/m1/s1. The van der Waals surface area contributed by atoms with Gasteiger partial charge in [0.25, 0.3) is 5.91 Å². The first-order chi connectivity index (χ1) is 10.0. The van der Waals surface area contributed by atoms with Gasteiger partial charge in [-0.3, -0.25) is 4.79 Å². The number of carbonyl (C=O) groups is 1. The van der Waals surface area contributed by atoms with Crippen molar-refractivity contribution >= 4 is 5.91 Å². The molecule has 1 aromatic heterocycles. The van der Waals surface area contributed by atoms with Gasteiger partial charge in [-0.05, 0) is 25.5 Å². The van der Waals surface area contributed by atoms with Gasteiger partial charge in [-0.1, -0.05) is 6.92 Å². The third kappa shape index (κ3) is 3.42. The molecule has 0 aliphatic heterocycles. The first-order valence-electron chi connectivity index (χ1n) is 6.66. The number of aryl methyl sites for hydroxylation is 1. The van der Waals surface area contributed by atoms with E-state index in [4.69, 9.17) is 0 Å². The molecule has 0 radical (unpaired) electrons. The zero-order valence-corrected chi connectivity index (χ0v) is 11.8. The Morgan fingerprint density at radius 1 is 1.43 bits per heavy atom. The van der Waals surface area contributed by atoms with Gasteiger partial charge in [0.1, 0.15) is 18.0 Å². The molecule has 0 unspecified atom stereocenters. The summed E-state index contributed by atoms with van der Waals surface area (Å²) in [6.45, 7) is 4.48. The largest absolute Gasteiger partial charge is 0.342 e. The van der Waals surface area contributed by atoms with E-state index in [1.807, 2.05) is 11.5 Å². The number of amides is 1. The van der Waals surface area contributed by atoms with Crippen LogP contribution in [0.3, 0.4) is 0 Å². The summed E-state index contributed by atoms with van der Waals surface area (Å²) in [4.78, 5) is 12.0. The van der Waals surface area contributed by atoms with E-state index < -0.39 is 23.6 Å². The molecular formula is C14H16F2N4O. The summed E-state index contributed by atoms with van der Waals surface area (Å²) in [5, 5.41) is 10.4. The van der Waals surface area contributed by atoms with Gasteiger partial charge in [0.15, 0.2) is 5.82 Å². The lowest BCUT2D eigenvalue weighted by atomic mass is 10.1. The summed E-state index contributed by atoms with van der Waals surface area (Å²) >= 11 is 0. The van der Waals surface area contributed by atoms with Crippen LogP contribution in [-0.4, -0.2) is 20.7 Å². The Morgan fingerprint density at radius 2 is 2.19 bits per heavy atom. The Bertz CT molecular complexity index is 642. The summed E-state index contributed by atoms with van der Waals surface area (Å²) < 4.78 is 28.2. The molecule has 1 aromatic carbocycles. The normalized spacial score (nSPS) is 12.2. The Balaban J connectivity index is 2.13. The molecule has 112 valence electrons. The van der Waals surface area contributed by atoms with E-state index in [0.717, 1.165) is 25.1 Å². The highest BCUT2D eigenvalue weighted by Crippen LogP contribution is 2.13. The first kappa shape index (κ1) is 15.1. The molecule has 0 aliphatic rings. The molecule has 2 rings (SSSR count). The van der Waals surface area contributed by atoms with E-state index in [1.165, 1.54) is 0 Å². The number of halogens is 2. The number of nitrogens with zero attached hydrogens (tertiary/aromatic N) is 3. The lowest BCUT2D eigenvalue weighted by molar-refractivity contribution is 0.0933. The van der Waals surface area contributed by atoms with Crippen molar-refractivity contribution in [2.24, 2.45) is 0 Å². The van der Waals surface area contributed by atoms with Gasteiger partial charge in [-0.25, -0.2) is 8.78 Å². The van der Waals surface area contributed by atoms with Crippen LogP contribution in [0.5, 0.6) is 0 Å². The van der Waals surface area contributed by atoms with Gasteiger partial charge >= 0.3 is 0 Å². The fourth-order valence-electron chi connectivity index (χ4n) is 2.02. The summed E-state index contributed by atoms with van der Waals surface area (Å²) in [6, 6.07) is 2.40. The SMILES string of the molecule is CCCn1cnnc1[C@@H](C)NC(=O)c1ccc(F)cc1F. The van der Waals surface area contributed by atoms with Crippen molar-refractivity contribution in [3.8, 4) is 0 Å². The van der Waals surface area contributed by atoms with Crippen LogP contribution in [0.1, 0.15) is 42.5 Å². The van der Waals surface area contributed by atoms with Crippen molar-refractivity contribution in [2.75, 3.05) is 0 Å². The number of hydrogen-bond acceptors (Lipinski definition) is 3. The highest BCUT2D eigenvalue weighted by atomic mass is 19.1. The van der Waals surface area contributed by atoms with Crippen molar-refractivity contribution in [2.45, 2.75) is 32.9 Å². The van der Waals surface area contributed by atoms with Crippen LogP contribution in [0.25, 0.3) is 0 Å². The zero-order chi connectivity index (χ0) is 15.4. The van der Waals surface area contributed by atoms with Gasteiger partial charge in [0, 0.05) is 12.6 Å². The number of rotatable bonds is 5. The minimum absolute atomic E-state index is 0.204. The average Bonchev–Trinajstić information content (AvgIpc) is 2.87. The van der Waals surface area contributed by atoms with Gasteiger partial charge < -0.3 is 9.88 Å². The second-order valence-corrected chi connectivity index (χ2v) is 4.70. The number of nitrogens with one attached hydrogen (secondary N) is 1. The zero-order valence-electron chi connectivity index (χ0n) is 11.8. The summed E-state index contributed by atoms with van der Waals surface area (Å²) in [5.41, 5.74) is -0.204. The van der Waals surface area contributed by atoms with Crippen molar-refractivity contribution in [3.63, 3.8) is 0 Å². The Hall–Kier alpha value is -2.31. The summed E-state index contributed by atoms with van der Waals surface area (Å²) in [5.74, 6) is -1.65. The van der Waals surface area contributed by atoms with E-state index in [0.29, 0.717) is 11.9 Å². The van der Waals surface area contributed by atoms with E-state index >= 15 is 0 Å². The minimum Gasteiger partial charge on any atom is -0.342 e.